The summed E-state index contributed by atoms with van der Waals surface area (Å²) in [6, 6.07) is 8.10. The number of rotatable bonds is 6. The second-order valence-electron chi connectivity index (χ2n) is 8.85. The Morgan fingerprint density at radius 1 is 1.25 bits per heavy atom. The Hall–Kier alpha value is -3.26. The molecule has 0 radical (unpaired) electrons. The first-order chi connectivity index (χ1) is 15.5. The number of hydrogen-bond acceptors (Lipinski definition) is 6. The van der Waals surface area contributed by atoms with Crippen LogP contribution in [0.15, 0.2) is 35.3 Å². The number of amides is 1. The van der Waals surface area contributed by atoms with Crippen molar-refractivity contribution in [1.82, 2.24) is 25.2 Å². The number of nitrogens with one attached hydrogen (secondary N) is 3. The van der Waals surface area contributed by atoms with Crippen molar-refractivity contribution in [2.75, 3.05) is 25.5 Å². The first-order valence-corrected chi connectivity index (χ1v) is 11.2. The molecule has 3 aromatic rings. The van der Waals surface area contributed by atoms with Crippen molar-refractivity contribution in [2.45, 2.75) is 32.9 Å². The maximum Gasteiger partial charge on any atom is 0.269 e. The Bertz CT molecular complexity index is 1240. The van der Waals surface area contributed by atoms with Crippen molar-refractivity contribution >= 4 is 22.6 Å². The first kappa shape index (κ1) is 20.6. The van der Waals surface area contributed by atoms with Gasteiger partial charge in [0.05, 0.1) is 22.4 Å². The number of aryl methyl sites for hydroxylation is 2. The molecule has 4 heterocycles. The molecule has 0 spiro atoms. The standard InChI is InChI=1S/C24H28N6O2/c1-4-15-8-20-21(29-23(15)31)7-14(9-26-20)10-30-11-16-17(12-30)22(16)28-18-5-6-19(24(32)25-3)27-13(18)2/h5-9,16-17,22,28H,4,10-12H2,1-3H3,(H,25,32)(H,29,31). The van der Waals surface area contributed by atoms with Gasteiger partial charge in [-0.05, 0) is 55.0 Å². The van der Waals surface area contributed by atoms with Crippen molar-refractivity contribution in [2.24, 2.45) is 11.8 Å². The maximum atomic E-state index is 12.1. The fraction of sp³-hybridized carbons (Fsp3) is 0.417. The third-order valence-corrected chi connectivity index (χ3v) is 6.75. The van der Waals surface area contributed by atoms with E-state index >= 15 is 0 Å². The zero-order chi connectivity index (χ0) is 22.4. The van der Waals surface area contributed by atoms with E-state index in [0.29, 0.717) is 30.0 Å². The van der Waals surface area contributed by atoms with E-state index in [9.17, 15) is 9.59 Å². The minimum Gasteiger partial charge on any atom is -0.380 e. The van der Waals surface area contributed by atoms with E-state index in [1.165, 1.54) is 0 Å². The number of carbonyl (C=O) groups excluding carboxylic acids is 1. The molecule has 1 saturated carbocycles. The summed E-state index contributed by atoms with van der Waals surface area (Å²) in [6.45, 7) is 6.81. The fourth-order valence-corrected chi connectivity index (χ4v) is 4.88. The number of aromatic amines is 1. The number of hydrogen-bond donors (Lipinski definition) is 3. The van der Waals surface area contributed by atoms with Crippen LogP contribution in [0, 0.1) is 18.8 Å². The molecule has 8 nitrogen and oxygen atoms in total. The number of piperidine rings is 1. The largest absolute Gasteiger partial charge is 0.380 e. The van der Waals surface area contributed by atoms with Gasteiger partial charge in [0.25, 0.3) is 11.5 Å². The van der Waals surface area contributed by atoms with Gasteiger partial charge >= 0.3 is 0 Å². The molecular weight excluding hydrogens is 404 g/mol. The Labute approximate surface area is 186 Å². The van der Waals surface area contributed by atoms with Gasteiger partial charge in [0.15, 0.2) is 0 Å². The highest BCUT2D eigenvalue weighted by Crippen LogP contribution is 2.47. The summed E-state index contributed by atoms with van der Waals surface area (Å²) < 4.78 is 0. The third-order valence-electron chi connectivity index (χ3n) is 6.75. The summed E-state index contributed by atoms with van der Waals surface area (Å²) in [5.41, 5.74) is 5.78. The van der Waals surface area contributed by atoms with Gasteiger partial charge in [-0.25, -0.2) is 4.98 Å². The average Bonchev–Trinajstić information content (AvgIpc) is 3.22. The van der Waals surface area contributed by atoms with E-state index in [0.717, 1.165) is 53.2 Å². The molecular formula is C24H28N6O2. The number of nitrogens with zero attached hydrogens (tertiary/aromatic N) is 3. The third kappa shape index (κ3) is 3.75. The Morgan fingerprint density at radius 2 is 2.03 bits per heavy atom. The minimum atomic E-state index is -0.170. The minimum absolute atomic E-state index is 0.0246. The van der Waals surface area contributed by atoms with E-state index in [4.69, 9.17) is 0 Å². The molecule has 2 aliphatic rings. The normalized spacial score (nSPS) is 22.0. The van der Waals surface area contributed by atoms with E-state index in [-0.39, 0.29) is 11.5 Å². The number of aromatic nitrogens is 3. The van der Waals surface area contributed by atoms with Crippen LogP contribution in [0.25, 0.3) is 11.0 Å². The van der Waals surface area contributed by atoms with E-state index in [2.05, 4.69) is 30.5 Å². The van der Waals surface area contributed by atoms with Crippen LogP contribution in [0.1, 0.15) is 34.2 Å². The van der Waals surface area contributed by atoms with Gasteiger partial charge in [-0.1, -0.05) is 6.92 Å². The SMILES string of the molecule is CCc1cc2ncc(CN3CC4C(C3)C4Nc3ccc(C(=O)NC)nc3C)cc2[nH]c1=O. The summed E-state index contributed by atoms with van der Waals surface area (Å²) in [5.74, 6) is 1.07. The highest BCUT2D eigenvalue weighted by Gasteiger charge is 2.55. The van der Waals surface area contributed by atoms with Crippen LogP contribution in [0.2, 0.25) is 0 Å². The van der Waals surface area contributed by atoms with E-state index < -0.39 is 0 Å². The monoisotopic (exact) mass is 432 g/mol. The number of pyridine rings is 3. The zero-order valence-electron chi connectivity index (χ0n) is 18.6. The van der Waals surface area contributed by atoms with Crippen molar-refractivity contribution in [3.05, 3.63) is 63.3 Å². The second-order valence-corrected chi connectivity index (χ2v) is 8.85. The summed E-state index contributed by atoms with van der Waals surface area (Å²) in [7, 11) is 1.61. The van der Waals surface area contributed by atoms with Gasteiger partial charge < -0.3 is 15.6 Å². The summed E-state index contributed by atoms with van der Waals surface area (Å²) in [4.78, 5) is 38.3. The lowest BCUT2D eigenvalue weighted by Crippen LogP contribution is -2.28. The van der Waals surface area contributed by atoms with Gasteiger partial charge in [0.1, 0.15) is 5.69 Å². The average molecular weight is 433 g/mol. The lowest BCUT2D eigenvalue weighted by atomic mass is 10.1. The quantitative estimate of drug-likeness (QED) is 0.551. The van der Waals surface area contributed by atoms with Crippen LogP contribution in [-0.4, -0.2) is 51.9 Å². The Balaban J connectivity index is 1.20. The molecule has 2 atom stereocenters. The predicted molar refractivity (Wildman–Crippen MR) is 124 cm³/mol. The summed E-state index contributed by atoms with van der Waals surface area (Å²) in [5, 5.41) is 6.23. The molecule has 2 fully saturated rings. The van der Waals surface area contributed by atoms with Crippen molar-refractivity contribution in [3.8, 4) is 0 Å². The van der Waals surface area contributed by atoms with Gasteiger partial charge in [-0.3, -0.25) is 19.5 Å². The molecule has 5 rings (SSSR count). The highest BCUT2D eigenvalue weighted by molar-refractivity contribution is 5.92. The molecule has 0 aromatic carbocycles. The molecule has 32 heavy (non-hydrogen) atoms. The van der Waals surface area contributed by atoms with Crippen LogP contribution in [0.4, 0.5) is 5.69 Å². The van der Waals surface area contributed by atoms with Gasteiger partial charge in [0.2, 0.25) is 0 Å². The number of anilines is 1. The van der Waals surface area contributed by atoms with Crippen molar-refractivity contribution < 1.29 is 4.79 Å². The van der Waals surface area contributed by atoms with Crippen molar-refractivity contribution in [3.63, 3.8) is 0 Å². The lowest BCUT2D eigenvalue weighted by Gasteiger charge is -2.20. The molecule has 2 unspecified atom stereocenters. The van der Waals surface area contributed by atoms with Gasteiger partial charge in [-0.15, -0.1) is 0 Å². The summed E-state index contributed by atoms with van der Waals surface area (Å²) in [6.07, 6.45) is 2.62. The first-order valence-electron chi connectivity index (χ1n) is 11.2. The Morgan fingerprint density at radius 3 is 2.72 bits per heavy atom. The van der Waals surface area contributed by atoms with Crippen LogP contribution >= 0.6 is 0 Å². The Kier molecular flexibility index (Phi) is 5.17. The maximum absolute atomic E-state index is 12.1. The van der Waals surface area contributed by atoms with E-state index in [1.54, 1.807) is 13.1 Å². The topological polar surface area (TPSA) is 103 Å². The van der Waals surface area contributed by atoms with E-state index in [1.807, 2.05) is 38.2 Å². The number of H-pyrrole nitrogens is 1. The van der Waals surface area contributed by atoms with Crippen molar-refractivity contribution in [1.29, 1.82) is 0 Å². The van der Waals surface area contributed by atoms with Crippen LogP contribution in [-0.2, 0) is 13.0 Å². The van der Waals surface area contributed by atoms with Gasteiger partial charge in [0, 0.05) is 44.5 Å². The van der Waals surface area contributed by atoms with Gasteiger partial charge in [-0.2, -0.15) is 0 Å². The molecule has 3 aromatic heterocycles. The molecule has 1 saturated heterocycles. The number of carbonyl (C=O) groups is 1. The lowest BCUT2D eigenvalue weighted by molar-refractivity contribution is 0.0958. The number of fused-ring (bicyclic) bond motifs is 2. The molecule has 1 amide bonds. The molecule has 1 aliphatic carbocycles. The molecule has 0 bridgehead atoms. The fourth-order valence-electron chi connectivity index (χ4n) is 4.88. The summed E-state index contributed by atoms with van der Waals surface area (Å²) >= 11 is 0. The van der Waals surface area contributed by atoms with Crippen LogP contribution in [0.5, 0.6) is 0 Å². The molecule has 1 aliphatic heterocycles. The smallest absolute Gasteiger partial charge is 0.269 e. The number of likely N-dealkylation sites (tertiary alicyclic amines) is 1. The predicted octanol–water partition coefficient (Wildman–Crippen LogP) is 2.09. The van der Waals surface area contributed by atoms with Crippen LogP contribution in [0.3, 0.4) is 0 Å². The van der Waals surface area contributed by atoms with Crippen LogP contribution < -0.4 is 16.2 Å². The molecule has 8 heteroatoms. The zero-order valence-corrected chi connectivity index (χ0v) is 18.6. The molecule has 166 valence electrons. The second kappa shape index (κ2) is 8.02. The highest BCUT2D eigenvalue weighted by atomic mass is 16.1. The molecule has 3 N–H and O–H groups in total.